The predicted octanol–water partition coefficient (Wildman–Crippen LogP) is 3.01. The third-order valence-electron chi connectivity index (χ3n) is 3.02. The largest absolute Gasteiger partial charge is 0.493 e. The monoisotopic (exact) mass is 281 g/mol. The Balaban J connectivity index is 1.89. The first-order chi connectivity index (χ1) is 8.74. The van der Waals surface area contributed by atoms with Gasteiger partial charge in [0.15, 0.2) is 0 Å². The van der Waals surface area contributed by atoms with Gasteiger partial charge >= 0.3 is 0 Å². The molecule has 0 bridgehead atoms. The summed E-state index contributed by atoms with van der Waals surface area (Å²) in [5, 5.41) is 10.9. The van der Waals surface area contributed by atoms with Crippen LogP contribution < -0.4 is 4.74 Å². The van der Waals surface area contributed by atoms with E-state index in [4.69, 9.17) is 16.3 Å². The van der Waals surface area contributed by atoms with Gasteiger partial charge in [0.1, 0.15) is 5.75 Å². The number of ether oxygens (including phenoxy) is 1. The predicted molar refractivity (Wildman–Crippen MR) is 71.4 cm³/mol. The van der Waals surface area contributed by atoms with Crippen molar-refractivity contribution in [2.24, 2.45) is 0 Å². The van der Waals surface area contributed by atoms with Crippen molar-refractivity contribution >= 4 is 22.9 Å². The van der Waals surface area contributed by atoms with Crippen molar-refractivity contribution in [3.8, 4) is 5.75 Å². The van der Waals surface area contributed by atoms with Crippen molar-refractivity contribution in [3.63, 3.8) is 0 Å². The fourth-order valence-electron chi connectivity index (χ4n) is 2.20. The molecule has 1 atom stereocenters. The average molecular weight is 282 g/mol. The SMILES string of the molecule is OC(Cc1cc(Cl)cc2c1OCC2)c1cncs1. The minimum atomic E-state index is -0.552. The summed E-state index contributed by atoms with van der Waals surface area (Å²) in [5.41, 5.74) is 3.82. The molecule has 1 aromatic carbocycles. The number of thiazole rings is 1. The van der Waals surface area contributed by atoms with E-state index < -0.39 is 6.10 Å². The normalized spacial score (nSPS) is 15.2. The number of rotatable bonds is 3. The quantitative estimate of drug-likeness (QED) is 0.940. The molecule has 3 rings (SSSR count). The fraction of sp³-hybridized carbons (Fsp3) is 0.308. The van der Waals surface area contributed by atoms with E-state index >= 15 is 0 Å². The van der Waals surface area contributed by atoms with Crippen LogP contribution in [0.2, 0.25) is 5.02 Å². The summed E-state index contributed by atoms with van der Waals surface area (Å²) in [7, 11) is 0. The molecule has 0 aliphatic carbocycles. The molecule has 1 unspecified atom stereocenters. The van der Waals surface area contributed by atoms with Crippen molar-refractivity contribution in [1.29, 1.82) is 0 Å². The lowest BCUT2D eigenvalue weighted by atomic mass is 10.0. The van der Waals surface area contributed by atoms with Gasteiger partial charge in [-0.3, -0.25) is 4.98 Å². The molecule has 0 fully saturated rings. The van der Waals surface area contributed by atoms with Crippen molar-refractivity contribution in [3.05, 3.63) is 44.9 Å². The maximum Gasteiger partial charge on any atom is 0.126 e. The Morgan fingerprint density at radius 3 is 3.17 bits per heavy atom. The maximum absolute atomic E-state index is 10.2. The molecule has 0 spiro atoms. The summed E-state index contributed by atoms with van der Waals surface area (Å²) >= 11 is 7.54. The first-order valence-electron chi connectivity index (χ1n) is 5.74. The first-order valence-corrected chi connectivity index (χ1v) is 7.00. The van der Waals surface area contributed by atoms with Crippen LogP contribution in [0.5, 0.6) is 5.75 Å². The molecular weight excluding hydrogens is 270 g/mol. The minimum absolute atomic E-state index is 0.505. The molecule has 0 saturated heterocycles. The van der Waals surface area contributed by atoms with Gasteiger partial charge in [0.05, 0.1) is 23.1 Å². The number of aliphatic hydroxyl groups is 1. The standard InChI is InChI=1S/C13H12ClNO2S/c14-10-3-8-1-2-17-13(8)9(4-10)5-11(16)12-6-15-7-18-12/h3-4,6-7,11,16H,1-2,5H2. The number of fused-ring (bicyclic) bond motifs is 1. The van der Waals surface area contributed by atoms with Crippen LogP contribution in [-0.2, 0) is 12.8 Å². The van der Waals surface area contributed by atoms with E-state index in [1.807, 2.05) is 12.1 Å². The highest BCUT2D eigenvalue weighted by Gasteiger charge is 2.20. The van der Waals surface area contributed by atoms with Crippen LogP contribution in [0.15, 0.2) is 23.8 Å². The topological polar surface area (TPSA) is 42.4 Å². The van der Waals surface area contributed by atoms with Gasteiger partial charge in [-0.15, -0.1) is 11.3 Å². The van der Waals surface area contributed by atoms with Crippen LogP contribution in [0.3, 0.4) is 0 Å². The molecule has 1 aliphatic rings. The zero-order valence-electron chi connectivity index (χ0n) is 9.60. The van der Waals surface area contributed by atoms with E-state index in [9.17, 15) is 5.11 Å². The first kappa shape index (κ1) is 12.0. The van der Waals surface area contributed by atoms with Gasteiger partial charge in [-0.2, -0.15) is 0 Å². The molecule has 94 valence electrons. The molecule has 2 heterocycles. The van der Waals surface area contributed by atoms with Crippen molar-refractivity contribution in [1.82, 2.24) is 4.98 Å². The molecule has 2 aromatic rings. The smallest absolute Gasteiger partial charge is 0.126 e. The Hall–Kier alpha value is -1.10. The maximum atomic E-state index is 10.2. The Kier molecular flexibility index (Phi) is 3.24. The van der Waals surface area contributed by atoms with Gasteiger partial charge in [-0.1, -0.05) is 11.6 Å². The molecule has 5 heteroatoms. The fourth-order valence-corrected chi connectivity index (χ4v) is 3.07. The number of nitrogens with zero attached hydrogens (tertiary/aromatic N) is 1. The van der Waals surface area contributed by atoms with Gasteiger partial charge in [-0.05, 0) is 23.3 Å². The number of hydrogen-bond acceptors (Lipinski definition) is 4. The molecule has 1 aliphatic heterocycles. The van der Waals surface area contributed by atoms with Crippen LogP contribution in [0.25, 0.3) is 0 Å². The molecule has 18 heavy (non-hydrogen) atoms. The molecular formula is C13H12ClNO2S. The molecule has 3 nitrogen and oxygen atoms in total. The van der Waals surface area contributed by atoms with Crippen LogP contribution in [0.4, 0.5) is 0 Å². The van der Waals surface area contributed by atoms with E-state index in [1.165, 1.54) is 11.3 Å². The van der Waals surface area contributed by atoms with Crippen LogP contribution in [0, 0.1) is 0 Å². The van der Waals surface area contributed by atoms with Crippen LogP contribution in [-0.4, -0.2) is 16.7 Å². The van der Waals surface area contributed by atoms with Crippen molar-refractivity contribution in [2.45, 2.75) is 18.9 Å². The van der Waals surface area contributed by atoms with Crippen LogP contribution in [0.1, 0.15) is 22.1 Å². The van der Waals surface area contributed by atoms with Gasteiger partial charge < -0.3 is 9.84 Å². The molecule has 0 saturated carbocycles. The third kappa shape index (κ3) is 2.23. The number of aromatic nitrogens is 1. The third-order valence-corrected chi connectivity index (χ3v) is 4.11. The van der Waals surface area contributed by atoms with Gasteiger partial charge in [0, 0.05) is 24.1 Å². The van der Waals surface area contributed by atoms with Gasteiger partial charge in [-0.25, -0.2) is 0 Å². The highest BCUT2D eigenvalue weighted by Crippen LogP contribution is 2.35. The summed E-state index contributed by atoms with van der Waals surface area (Å²) in [4.78, 5) is 4.84. The van der Waals surface area contributed by atoms with Gasteiger partial charge in [0.25, 0.3) is 0 Å². The van der Waals surface area contributed by atoms with Gasteiger partial charge in [0.2, 0.25) is 0 Å². The zero-order valence-corrected chi connectivity index (χ0v) is 11.2. The summed E-state index contributed by atoms with van der Waals surface area (Å²) in [6, 6.07) is 3.81. The highest BCUT2D eigenvalue weighted by atomic mass is 35.5. The minimum Gasteiger partial charge on any atom is -0.493 e. The Bertz CT molecular complexity index is 556. The Morgan fingerprint density at radius 1 is 1.50 bits per heavy atom. The number of benzene rings is 1. The van der Waals surface area contributed by atoms with Crippen molar-refractivity contribution in [2.75, 3.05) is 6.61 Å². The lowest BCUT2D eigenvalue weighted by Gasteiger charge is -2.12. The molecule has 0 radical (unpaired) electrons. The average Bonchev–Trinajstić information content (AvgIpc) is 2.98. The second kappa shape index (κ2) is 4.88. The van der Waals surface area contributed by atoms with E-state index in [1.54, 1.807) is 11.7 Å². The van der Waals surface area contributed by atoms with E-state index in [0.717, 1.165) is 28.2 Å². The summed E-state index contributed by atoms with van der Waals surface area (Å²) in [6.07, 6.45) is 2.54. The van der Waals surface area contributed by atoms with Crippen LogP contribution >= 0.6 is 22.9 Å². The summed E-state index contributed by atoms with van der Waals surface area (Å²) in [6.45, 7) is 0.694. The highest BCUT2D eigenvalue weighted by molar-refractivity contribution is 7.09. The summed E-state index contributed by atoms with van der Waals surface area (Å²) < 4.78 is 5.62. The molecule has 1 aromatic heterocycles. The number of halogens is 1. The molecule has 1 N–H and O–H groups in total. The molecule has 0 amide bonds. The number of aliphatic hydroxyl groups excluding tert-OH is 1. The number of hydrogen-bond donors (Lipinski definition) is 1. The zero-order chi connectivity index (χ0) is 12.5. The lowest BCUT2D eigenvalue weighted by Crippen LogP contribution is -2.01. The lowest BCUT2D eigenvalue weighted by molar-refractivity contribution is 0.180. The van der Waals surface area contributed by atoms with Crippen molar-refractivity contribution < 1.29 is 9.84 Å². The van der Waals surface area contributed by atoms with E-state index in [-0.39, 0.29) is 0 Å². The second-order valence-corrected chi connectivity index (χ2v) is 5.63. The second-order valence-electron chi connectivity index (χ2n) is 4.28. The summed E-state index contributed by atoms with van der Waals surface area (Å²) in [5.74, 6) is 0.892. The van der Waals surface area contributed by atoms with E-state index in [0.29, 0.717) is 18.1 Å². The Morgan fingerprint density at radius 2 is 2.39 bits per heavy atom. The Labute approximate surface area is 114 Å². The van der Waals surface area contributed by atoms with E-state index in [2.05, 4.69) is 4.98 Å².